The molecule has 0 atom stereocenters. The summed E-state index contributed by atoms with van der Waals surface area (Å²) in [5, 5.41) is 9.45. The lowest BCUT2D eigenvalue weighted by Gasteiger charge is -1.84. The maximum absolute atomic E-state index is 9.45. The molecule has 0 bridgehead atoms. The first-order chi connectivity index (χ1) is 3.13. The third-order valence-electron chi connectivity index (χ3n) is 0.285. The van der Waals surface area contributed by atoms with Gasteiger partial charge in [0.05, 0.1) is 0 Å². The second-order valence-electron chi connectivity index (χ2n) is 0.957. The number of nitro groups is 1. The van der Waals surface area contributed by atoms with Gasteiger partial charge in [-0.2, -0.15) is 0 Å². The molecule has 7 heavy (non-hydrogen) atoms. The van der Waals surface area contributed by atoms with Gasteiger partial charge in [0.2, 0.25) is 0 Å². The van der Waals surface area contributed by atoms with Gasteiger partial charge in [-0.25, -0.2) is 0 Å². The fraction of sp³-hybridized carbons (Fsp3) is 0.500. The van der Waals surface area contributed by atoms with Gasteiger partial charge in [0.25, 0.3) is 6.54 Å². The van der Waals surface area contributed by atoms with E-state index in [9.17, 15) is 10.1 Å². The van der Waals surface area contributed by atoms with Crippen molar-refractivity contribution >= 4 is 17.2 Å². The van der Waals surface area contributed by atoms with Crippen LogP contribution in [0.25, 0.3) is 0 Å². The molecule has 0 amide bonds. The minimum absolute atomic E-state index is 0.0787. The van der Waals surface area contributed by atoms with Crippen molar-refractivity contribution in [2.24, 2.45) is 5.73 Å². The highest BCUT2D eigenvalue weighted by Crippen LogP contribution is 1.66. The lowest BCUT2D eigenvalue weighted by molar-refractivity contribution is -0.462. The Morgan fingerprint density at radius 1 is 2.00 bits per heavy atom. The van der Waals surface area contributed by atoms with E-state index < -0.39 is 11.5 Å². The molecule has 2 N–H and O–H groups in total. The van der Waals surface area contributed by atoms with Gasteiger partial charge >= 0.3 is 0 Å². The highest BCUT2D eigenvalue weighted by molar-refractivity contribution is 7.80. The molecule has 0 aromatic carbocycles. The Balaban J connectivity index is 3.32. The third kappa shape index (κ3) is 5.29. The lowest BCUT2D eigenvalue weighted by Crippen LogP contribution is -2.19. The summed E-state index contributed by atoms with van der Waals surface area (Å²) < 4.78 is 0. The second kappa shape index (κ2) is 2.46. The largest absolute Gasteiger partial charge is 0.388 e. The zero-order valence-corrected chi connectivity index (χ0v) is 4.27. The van der Waals surface area contributed by atoms with Crippen molar-refractivity contribution in [1.82, 2.24) is 0 Å². The van der Waals surface area contributed by atoms with Gasteiger partial charge in [0.15, 0.2) is 0 Å². The van der Waals surface area contributed by atoms with Crippen LogP contribution < -0.4 is 5.73 Å². The summed E-state index contributed by atoms with van der Waals surface area (Å²) in [7, 11) is 0. The molecule has 0 saturated heterocycles. The maximum atomic E-state index is 9.45. The molecule has 0 unspecified atom stereocenters. The molecule has 0 rings (SSSR count). The first-order valence-corrected chi connectivity index (χ1v) is 1.94. The van der Waals surface area contributed by atoms with Crippen molar-refractivity contribution in [3.63, 3.8) is 0 Å². The topological polar surface area (TPSA) is 69.2 Å². The van der Waals surface area contributed by atoms with Crippen LogP contribution in [0.1, 0.15) is 0 Å². The first kappa shape index (κ1) is 6.29. The number of rotatable bonds is 2. The molecule has 0 aliphatic carbocycles. The van der Waals surface area contributed by atoms with E-state index in [2.05, 4.69) is 12.2 Å². The molecule has 0 spiro atoms. The number of nitrogens with two attached hydrogens (primary N) is 1. The van der Waals surface area contributed by atoms with Crippen LogP contribution >= 0.6 is 12.2 Å². The molecule has 0 fully saturated rings. The van der Waals surface area contributed by atoms with Crippen LogP contribution in [0.3, 0.4) is 0 Å². The number of thiocarbonyl (C=S) groups is 1. The van der Waals surface area contributed by atoms with E-state index in [1.807, 2.05) is 0 Å². The maximum Gasteiger partial charge on any atom is 0.253 e. The molecule has 0 saturated carbocycles. The molecular formula is C2H4N2O2S. The Morgan fingerprint density at radius 3 is 2.43 bits per heavy atom. The van der Waals surface area contributed by atoms with E-state index in [0.29, 0.717) is 0 Å². The minimum Gasteiger partial charge on any atom is -0.388 e. The van der Waals surface area contributed by atoms with Crippen molar-refractivity contribution < 1.29 is 4.92 Å². The molecule has 0 aromatic rings. The van der Waals surface area contributed by atoms with E-state index in [0.717, 1.165) is 0 Å². The van der Waals surface area contributed by atoms with Crippen LogP contribution in [-0.2, 0) is 0 Å². The summed E-state index contributed by atoms with van der Waals surface area (Å²) in [5.41, 5.74) is 4.78. The number of nitrogens with zero attached hydrogens (tertiary/aromatic N) is 1. The van der Waals surface area contributed by atoms with Crippen molar-refractivity contribution in [3.8, 4) is 0 Å². The van der Waals surface area contributed by atoms with Crippen LogP contribution in [0.2, 0.25) is 0 Å². The number of hydrogen-bond acceptors (Lipinski definition) is 3. The summed E-state index contributed by atoms with van der Waals surface area (Å²) in [6, 6.07) is 0. The molecule has 40 valence electrons. The Bertz CT molecular complexity index is 89.9. The average molecular weight is 120 g/mol. The summed E-state index contributed by atoms with van der Waals surface area (Å²) in [4.78, 5) is 8.80. The van der Waals surface area contributed by atoms with Crippen molar-refractivity contribution in [2.75, 3.05) is 6.54 Å². The molecule has 0 aromatic heterocycles. The predicted octanol–water partition coefficient (Wildman–Crippen LogP) is -0.451. The molecular weight excluding hydrogens is 116 g/mol. The summed E-state index contributed by atoms with van der Waals surface area (Å²) in [5.74, 6) is 0. The smallest absolute Gasteiger partial charge is 0.253 e. The highest BCUT2D eigenvalue weighted by Gasteiger charge is 1.95. The van der Waals surface area contributed by atoms with Crippen LogP contribution in [0.5, 0.6) is 0 Å². The van der Waals surface area contributed by atoms with E-state index in [-0.39, 0.29) is 4.99 Å². The van der Waals surface area contributed by atoms with Gasteiger partial charge in [-0.05, 0) is 0 Å². The van der Waals surface area contributed by atoms with Crippen molar-refractivity contribution in [2.45, 2.75) is 0 Å². The lowest BCUT2D eigenvalue weighted by atomic mass is 10.7. The summed E-state index contributed by atoms with van der Waals surface area (Å²) in [6.45, 7) is -0.407. The second-order valence-corrected chi connectivity index (χ2v) is 1.48. The van der Waals surface area contributed by atoms with E-state index >= 15 is 0 Å². The standard InChI is InChI=1S/C2H4N2O2S/c3-2(7)1-4(5)6/h1H2,(H2,3,7). The monoisotopic (exact) mass is 120 g/mol. The van der Waals surface area contributed by atoms with E-state index in [1.165, 1.54) is 0 Å². The zero-order valence-electron chi connectivity index (χ0n) is 3.46. The van der Waals surface area contributed by atoms with Crippen molar-refractivity contribution in [1.29, 1.82) is 0 Å². The molecule has 0 radical (unpaired) electrons. The Morgan fingerprint density at radius 2 is 2.43 bits per heavy atom. The van der Waals surface area contributed by atoms with Crippen LogP contribution in [0.15, 0.2) is 0 Å². The normalized spacial score (nSPS) is 8.00. The SMILES string of the molecule is NC(=S)C[N+](=O)[O-]. The van der Waals surface area contributed by atoms with Crippen molar-refractivity contribution in [3.05, 3.63) is 10.1 Å². The summed E-state index contributed by atoms with van der Waals surface area (Å²) >= 11 is 4.21. The minimum atomic E-state index is -0.567. The van der Waals surface area contributed by atoms with E-state index in [4.69, 9.17) is 5.73 Å². The van der Waals surface area contributed by atoms with Gasteiger partial charge in [-0.1, -0.05) is 12.2 Å². The summed E-state index contributed by atoms with van der Waals surface area (Å²) in [6.07, 6.45) is 0. The van der Waals surface area contributed by atoms with Gasteiger partial charge in [-0.15, -0.1) is 0 Å². The fourth-order valence-electron chi connectivity index (χ4n) is 0.127. The predicted molar refractivity (Wildman–Crippen MR) is 28.6 cm³/mol. The Hall–Kier alpha value is -0.710. The quantitative estimate of drug-likeness (QED) is 0.304. The van der Waals surface area contributed by atoms with Gasteiger partial charge in [0.1, 0.15) is 4.99 Å². The van der Waals surface area contributed by atoms with Crippen LogP contribution in [0, 0.1) is 10.1 Å². The fourth-order valence-corrected chi connectivity index (χ4v) is 0.233. The molecule has 5 heteroatoms. The first-order valence-electron chi connectivity index (χ1n) is 1.53. The number of hydrogen-bond donors (Lipinski definition) is 1. The van der Waals surface area contributed by atoms with Gasteiger partial charge in [0, 0.05) is 4.92 Å². The van der Waals surface area contributed by atoms with Crippen LogP contribution in [0.4, 0.5) is 0 Å². The van der Waals surface area contributed by atoms with Gasteiger partial charge in [-0.3, -0.25) is 10.1 Å². The average Bonchev–Trinajstić information content (AvgIpc) is 1.27. The molecule has 4 nitrogen and oxygen atoms in total. The van der Waals surface area contributed by atoms with E-state index in [1.54, 1.807) is 0 Å². The molecule has 0 aliphatic rings. The van der Waals surface area contributed by atoms with Crippen LogP contribution in [-0.4, -0.2) is 16.5 Å². The third-order valence-corrected chi connectivity index (χ3v) is 0.414. The van der Waals surface area contributed by atoms with Gasteiger partial charge < -0.3 is 5.73 Å². The molecule has 0 aliphatic heterocycles. The molecule has 0 heterocycles. The highest BCUT2D eigenvalue weighted by atomic mass is 32.1. The Labute approximate surface area is 45.5 Å². The zero-order chi connectivity index (χ0) is 5.86. The Kier molecular flexibility index (Phi) is 2.21.